The molecule has 0 spiro atoms. The van der Waals surface area contributed by atoms with E-state index < -0.39 is 0 Å². The molecule has 0 aliphatic carbocycles. The number of rotatable bonds is 11. The van der Waals surface area contributed by atoms with Gasteiger partial charge in [0.1, 0.15) is 18.1 Å². The summed E-state index contributed by atoms with van der Waals surface area (Å²) in [6.45, 7) is 5.34. The summed E-state index contributed by atoms with van der Waals surface area (Å²) in [5.41, 5.74) is 1.31. The molecule has 0 radical (unpaired) electrons. The Balaban J connectivity index is 1.75. The van der Waals surface area contributed by atoms with Crippen LogP contribution in [0.2, 0.25) is 0 Å². The van der Waals surface area contributed by atoms with Crippen LogP contribution in [0.4, 0.5) is 0 Å². The summed E-state index contributed by atoms with van der Waals surface area (Å²) in [6, 6.07) is 11.6. The molecule has 0 unspecified atom stereocenters. The first-order valence-corrected chi connectivity index (χ1v) is 9.31. The molecule has 4 heteroatoms. The van der Waals surface area contributed by atoms with Crippen molar-refractivity contribution < 1.29 is 13.9 Å². The maximum Gasteiger partial charge on any atom is 0.286 e. The fraction of sp³-hybridized carbons (Fsp3) is 0.476. The van der Waals surface area contributed by atoms with E-state index in [0.29, 0.717) is 24.7 Å². The summed E-state index contributed by atoms with van der Waals surface area (Å²) in [4.78, 5) is 12.0. The van der Waals surface area contributed by atoms with E-state index in [4.69, 9.17) is 9.15 Å². The summed E-state index contributed by atoms with van der Waals surface area (Å²) in [5, 5.41) is 2.89. The molecule has 1 heterocycles. The second-order valence-corrected chi connectivity index (χ2v) is 6.27. The van der Waals surface area contributed by atoms with Gasteiger partial charge in [0.15, 0.2) is 5.76 Å². The van der Waals surface area contributed by atoms with Crippen LogP contribution in [0.25, 0.3) is 0 Å². The van der Waals surface area contributed by atoms with Crippen molar-refractivity contribution in [3.8, 4) is 5.75 Å². The maximum absolute atomic E-state index is 12.0. The second kappa shape index (κ2) is 10.6. The molecule has 0 saturated carbocycles. The van der Waals surface area contributed by atoms with E-state index in [1.165, 1.54) is 18.4 Å². The van der Waals surface area contributed by atoms with E-state index in [1.807, 2.05) is 12.1 Å². The number of carbonyl (C=O) groups excluding carboxylic acids is 1. The number of ether oxygens (including phenoxy) is 1. The van der Waals surface area contributed by atoms with E-state index in [2.05, 4.69) is 31.3 Å². The highest BCUT2D eigenvalue weighted by atomic mass is 16.5. The first kappa shape index (κ1) is 19.1. The third-order valence-electron chi connectivity index (χ3n) is 4.04. The zero-order valence-electron chi connectivity index (χ0n) is 15.3. The minimum absolute atomic E-state index is 0.160. The van der Waals surface area contributed by atoms with Crippen LogP contribution in [-0.2, 0) is 13.0 Å². The van der Waals surface area contributed by atoms with Gasteiger partial charge in [-0.15, -0.1) is 0 Å². The number of carbonyl (C=O) groups is 1. The minimum atomic E-state index is -0.160. The summed E-state index contributed by atoms with van der Waals surface area (Å²) in [7, 11) is 0. The topological polar surface area (TPSA) is 51.5 Å². The van der Waals surface area contributed by atoms with Crippen molar-refractivity contribution in [2.24, 2.45) is 0 Å². The summed E-state index contributed by atoms with van der Waals surface area (Å²) >= 11 is 0. The Labute approximate surface area is 150 Å². The molecule has 1 aromatic heterocycles. The van der Waals surface area contributed by atoms with E-state index in [9.17, 15) is 4.79 Å². The number of unbranched alkanes of at least 4 members (excludes halogenated alkanes) is 3. The van der Waals surface area contributed by atoms with E-state index in [0.717, 1.165) is 31.4 Å². The Morgan fingerprint density at radius 3 is 2.52 bits per heavy atom. The molecule has 2 aromatic rings. The largest absolute Gasteiger partial charge is 0.486 e. The van der Waals surface area contributed by atoms with Crippen LogP contribution in [-0.4, -0.2) is 12.5 Å². The zero-order valence-corrected chi connectivity index (χ0v) is 15.3. The molecule has 0 aliphatic heterocycles. The Morgan fingerprint density at radius 1 is 1.00 bits per heavy atom. The third kappa shape index (κ3) is 6.65. The van der Waals surface area contributed by atoms with Gasteiger partial charge >= 0.3 is 0 Å². The van der Waals surface area contributed by atoms with Crippen molar-refractivity contribution in [1.82, 2.24) is 5.32 Å². The lowest BCUT2D eigenvalue weighted by molar-refractivity contribution is 0.0921. The van der Waals surface area contributed by atoms with Crippen LogP contribution in [0, 0.1) is 0 Å². The lowest BCUT2D eigenvalue weighted by Crippen LogP contribution is -2.23. The van der Waals surface area contributed by atoms with Crippen LogP contribution >= 0.6 is 0 Å². The van der Waals surface area contributed by atoms with Gasteiger partial charge < -0.3 is 14.5 Å². The fourth-order valence-electron chi connectivity index (χ4n) is 2.61. The monoisotopic (exact) mass is 343 g/mol. The van der Waals surface area contributed by atoms with Crippen molar-refractivity contribution in [1.29, 1.82) is 0 Å². The lowest BCUT2D eigenvalue weighted by atomic mass is 10.1. The van der Waals surface area contributed by atoms with Gasteiger partial charge in [-0.1, -0.05) is 51.7 Å². The van der Waals surface area contributed by atoms with Crippen molar-refractivity contribution >= 4 is 5.91 Å². The molecule has 0 atom stereocenters. The molecule has 25 heavy (non-hydrogen) atoms. The van der Waals surface area contributed by atoms with E-state index in [-0.39, 0.29) is 5.91 Å². The highest BCUT2D eigenvalue weighted by Gasteiger charge is 2.11. The number of nitrogens with one attached hydrogen (secondary N) is 1. The summed E-state index contributed by atoms with van der Waals surface area (Å²) < 4.78 is 11.3. The van der Waals surface area contributed by atoms with Crippen molar-refractivity contribution in [3.63, 3.8) is 0 Å². The lowest BCUT2D eigenvalue weighted by Gasteiger charge is -2.05. The number of aryl methyl sites for hydroxylation is 1. The van der Waals surface area contributed by atoms with Gasteiger partial charge in [-0.2, -0.15) is 0 Å². The molecule has 136 valence electrons. The van der Waals surface area contributed by atoms with E-state index in [1.54, 1.807) is 12.1 Å². The third-order valence-corrected chi connectivity index (χ3v) is 4.04. The average Bonchev–Trinajstić information content (AvgIpc) is 3.10. The molecule has 0 bridgehead atoms. The molecule has 2 rings (SSSR count). The Bertz CT molecular complexity index is 631. The van der Waals surface area contributed by atoms with Crippen LogP contribution in [0.3, 0.4) is 0 Å². The highest BCUT2D eigenvalue weighted by Crippen LogP contribution is 2.16. The molecule has 1 amide bonds. The van der Waals surface area contributed by atoms with Crippen LogP contribution in [0.1, 0.15) is 67.8 Å². The first-order chi connectivity index (χ1) is 12.2. The zero-order chi connectivity index (χ0) is 17.9. The van der Waals surface area contributed by atoms with Crippen LogP contribution in [0.5, 0.6) is 5.75 Å². The Kier molecular flexibility index (Phi) is 8.10. The van der Waals surface area contributed by atoms with Gasteiger partial charge in [-0.3, -0.25) is 4.79 Å². The summed E-state index contributed by atoms with van der Waals surface area (Å²) in [6.07, 6.45) is 6.76. The first-order valence-electron chi connectivity index (χ1n) is 9.31. The molecule has 0 fully saturated rings. The van der Waals surface area contributed by atoms with Crippen LogP contribution in [0.15, 0.2) is 40.8 Å². The van der Waals surface area contributed by atoms with Crippen molar-refractivity contribution in [2.45, 2.75) is 59.0 Å². The fourth-order valence-corrected chi connectivity index (χ4v) is 2.61. The van der Waals surface area contributed by atoms with Crippen LogP contribution < -0.4 is 10.1 Å². The van der Waals surface area contributed by atoms with Gasteiger partial charge in [0, 0.05) is 6.54 Å². The standard InChI is InChI=1S/C21H29NO3/c1-3-5-6-7-15-22-21(23)20-14-13-19(25-20)16-24-18-11-9-17(8-4-2)10-12-18/h9-14H,3-8,15-16H2,1-2H3,(H,22,23). The van der Waals surface area contributed by atoms with Crippen molar-refractivity contribution in [2.75, 3.05) is 6.54 Å². The molecule has 1 N–H and O–H groups in total. The van der Waals surface area contributed by atoms with Gasteiger partial charge in [0.25, 0.3) is 5.91 Å². The number of furan rings is 1. The molecular weight excluding hydrogens is 314 g/mol. The van der Waals surface area contributed by atoms with E-state index >= 15 is 0 Å². The predicted molar refractivity (Wildman–Crippen MR) is 100.0 cm³/mol. The molecule has 4 nitrogen and oxygen atoms in total. The second-order valence-electron chi connectivity index (χ2n) is 6.27. The Morgan fingerprint density at radius 2 is 1.80 bits per heavy atom. The number of benzene rings is 1. The Hall–Kier alpha value is -2.23. The molecular formula is C21H29NO3. The van der Waals surface area contributed by atoms with Gasteiger partial charge in [-0.05, 0) is 42.7 Å². The normalized spacial score (nSPS) is 10.6. The van der Waals surface area contributed by atoms with Gasteiger partial charge in [-0.25, -0.2) is 0 Å². The van der Waals surface area contributed by atoms with Gasteiger partial charge in [0.2, 0.25) is 0 Å². The average molecular weight is 343 g/mol. The number of amides is 1. The predicted octanol–water partition coefficient (Wildman–Crippen LogP) is 5.12. The molecule has 0 aliphatic rings. The number of hydrogen-bond donors (Lipinski definition) is 1. The summed E-state index contributed by atoms with van der Waals surface area (Å²) in [5.74, 6) is 1.63. The molecule has 0 saturated heterocycles. The highest BCUT2D eigenvalue weighted by molar-refractivity contribution is 5.91. The number of hydrogen-bond acceptors (Lipinski definition) is 3. The van der Waals surface area contributed by atoms with Crippen molar-refractivity contribution in [3.05, 3.63) is 53.5 Å². The SMILES string of the molecule is CCCCCCNC(=O)c1ccc(COc2ccc(CCC)cc2)o1. The van der Waals surface area contributed by atoms with Gasteiger partial charge in [0.05, 0.1) is 0 Å². The quantitative estimate of drug-likeness (QED) is 0.576. The minimum Gasteiger partial charge on any atom is -0.486 e. The molecule has 1 aromatic carbocycles. The smallest absolute Gasteiger partial charge is 0.286 e. The maximum atomic E-state index is 12.0.